The number of aryl methyl sites for hydroxylation is 1. The molecule has 0 aliphatic heterocycles. The first kappa shape index (κ1) is 15.0. The Morgan fingerprint density at radius 2 is 1.95 bits per heavy atom. The van der Waals surface area contributed by atoms with Gasteiger partial charge in [-0.05, 0) is 30.2 Å². The van der Waals surface area contributed by atoms with Crippen molar-refractivity contribution in [1.29, 1.82) is 5.26 Å². The fraction of sp³-hybridized carbons (Fsp3) is 0.235. The van der Waals surface area contributed by atoms with Gasteiger partial charge in [0.1, 0.15) is 5.82 Å². The quantitative estimate of drug-likeness (QED) is 0.819. The summed E-state index contributed by atoms with van der Waals surface area (Å²) in [5, 5.41) is 9.26. The summed E-state index contributed by atoms with van der Waals surface area (Å²) >= 11 is 0. The molecule has 0 aliphatic rings. The number of ether oxygens (including phenoxy) is 1. The predicted molar refractivity (Wildman–Crippen MR) is 76.0 cm³/mol. The van der Waals surface area contributed by atoms with Crippen LogP contribution >= 0.6 is 0 Å². The van der Waals surface area contributed by atoms with E-state index in [1.54, 1.807) is 0 Å². The molecule has 108 valence electrons. The van der Waals surface area contributed by atoms with Gasteiger partial charge in [-0.2, -0.15) is 5.26 Å². The number of benzene rings is 2. The Kier molecular flexibility index (Phi) is 4.89. The normalized spacial score (nSPS) is 11.7. The zero-order chi connectivity index (χ0) is 15.2. The highest BCUT2D eigenvalue weighted by Crippen LogP contribution is 2.23. The van der Waals surface area contributed by atoms with Crippen molar-refractivity contribution in [3.8, 4) is 11.8 Å². The number of hydrogen-bond donors (Lipinski definition) is 0. The monoisotopic (exact) mass is 287 g/mol. The molecule has 2 aromatic carbocycles. The van der Waals surface area contributed by atoms with Gasteiger partial charge in [0, 0.05) is 12.5 Å². The lowest BCUT2D eigenvalue weighted by Gasteiger charge is -2.13. The number of rotatable bonds is 5. The minimum absolute atomic E-state index is 0.00197. The lowest BCUT2D eigenvalue weighted by Crippen LogP contribution is -2.06. The molecule has 4 heteroatoms. The fourth-order valence-corrected chi connectivity index (χ4v) is 2.15. The molecular formula is C17H15F2NO. The van der Waals surface area contributed by atoms with Crippen molar-refractivity contribution >= 4 is 0 Å². The Morgan fingerprint density at radius 1 is 1.19 bits per heavy atom. The van der Waals surface area contributed by atoms with Crippen LogP contribution in [0.15, 0.2) is 42.5 Å². The summed E-state index contributed by atoms with van der Waals surface area (Å²) in [7, 11) is 0. The van der Waals surface area contributed by atoms with Gasteiger partial charge in [0.2, 0.25) is 0 Å². The molecule has 2 nitrogen and oxygen atoms in total. The molecule has 1 unspecified atom stereocenters. The van der Waals surface area contributed by atoms with Crippen molar-refractivity contribution in [2.75, 3.05) is 6.61 Å². The summed E-state index contributed by atoms with van der Waals surface area (Å²) in [6, 6.07) is 13.0. The Labute approximate surface area is 122 Å². The van der Waals surface area contributed by atoms with E-state index in [0.717, 1.165) is 23.3 Å². The molecule has 0 radical (unpaired) electrons. The van der Waals surface area contributed by atoms with Crippen LogP contribution in [-0.4, -0.2) is 6.61 Å². The molecule has 0 fully saturated rings. The van der Waals surface area contributed by atoms with Gasteiger partial charge in [0.05, 0.1) is 18.6 Å². The van der Waals surface area contributed by atoms with E-state index in [1.807, 2.05) is 31.2 Å². The molecule has 0 bridgehead atoms. The second-order valence-electron chi connectivity index (χ2n) is 4.75. The first-order chi connectivity index (χ1) is 10.1. The summed E-state index contributed by atoms with van der Waals surface area (Å²) in [5.41, 5.74) is 1.99. The van der Waals surface area contributed by atoms with Gasteiger partial charge in [0.25, 0.3) is 0 Å². The van der Waals surface area contributed by atoms with Crippen LogP contribution < -0.4 is 4.74 Å². The highest BCUT2D eigenvalue weighted by molar-refractivity contribution is 5.32. The van der Waals surface area contributed by atoms with Crippen LogP contribution in [0.25, 0.3) is 0 Å². The molecule has 21 heavy (non-hydrogen) atoms. The van der Waals surface area contributed by atoms with Crippen molar-refractivity contribution in [1.82, 2.24) is 0 Å². The van der Waals surface area contributed by atoms with Gasteiger partial charge < -0.3 is 4.74 Å². The molecule has 0 saturated heterocycles. The van der Waals surface area contributed by atoms with E-state index < -0.39 is 11.6 Å². The lowest BCUT2D eigenvalue weighted by molar-refractivity contribution is 0.290. The number of hydrogen-bond acceptors (Lipinski definition) is 2. The molecule has 1 atom stereocenters. The molecule has 0 spiro atoms. The van der Waals surface area contributed by atoms with Gasteiger partial charge in [0.15, 0.2) is 11.6 Å². The van der Waals surface area contributed by atoms with Crippen molar-refractivity contribution in [3.63, 3.8) is 0 Å². The summed E-state index contributed by atoms with van der Waals surface area (Å²) in [6.45, 7) is 2.13. The van der Waals surface area contributed by atoms with E-state index in [2.05, 4.69) is 6.07 Å². The van der Waals surface area contributed by atoms with Crippen LogP contribution in [-0.2, 0) is 0 Å². The zero-order valence-corrected chi connectivity index (χ0v) is 11.6. The van der Waals surface area contributed by atoms with Crippen LogP contribution in [0.2, 0.25) is 0 Å². The maximum absolute atomic E-state index is 13.4. The predicted octanol–water partition coefficient (Wildman–Crippen LogP) is 4.35. The van der Waals surface area contributed by atoms with E-state index in [9.17, 15) is 14.0 Å². The molecule has 2 aromatic rings. The highest BCUT2D eigenvalue weighted by atomic mass is 19.1. The molecule has 0 heterocycles. The molecular weight excluding hydrogens is 272 g/mol. The van der Waals surface area contributed by atoms with Crippen LogP contribution in [0.1, 0.15) is 23.5 Å². The SMILES string of the molecule is Cc1ccccc1C(C#N)CCOc1ccc(F)cc1F. The Balaban J connectivity index is 1.99. The Bertz CT molecular complexity index is 664. The largest absolute Gasteiger partial charge is 0.490 e. The van der Waals surface area contributed by atoms with E-state index >= 15 is 0 Å². The van der Waals surface area contributed by atoms with Crippen molar-refractivity contribution < 1.29 is 13.5 Å². The van der Waals surface area contributed by atoms with Gasteiger partial charge in [-0.15, -0.1) is 0 Å². The van der Waals surface area contributed by atoms with Gasteiger partial charge in [-0.3, -0.25) is 0 Å². The number of halogens is 2. The molecule has 0 aromatic heterocycles. The highest BCUT2D eigenvalue weighted by Gasteiger charge is 2.13. The number of nitriles is 1. The van der Waals surface area contributed by atoms with Gasteiger partial charge in [-0.1, -0.05) is 24.3 Å². The first-order valence-electron chi connectivity index (χ1n) is 6.65. The average Bonchev–Trinajstić information content (AvgIpc) is 2.47. The summed E-state index contributed by atoms with van der Waals surface area (Å²) in [5.74, 6) is -1.69. The summed E-state index contributed by atoms with van der Waals surface area (Å²) in [6.07, 6.45) is 0.443. The zero-order valence-electron chi connectivity index (χ0n) is 11.6. The third-order valence-electron chi connectivity index (χ3n) is 3.28. The molecule has 0 amide bonds. The van der Waals surface area contributed by atoms with E-state index in [-0.39, 0.29) is 18.3 Å². The van der Waals surface area contributed by atoms with Crippen molar-refractivity contribution in [3.05, 3.63) is 65.2 Å². The summed E-state index contributed by atoms with van der Waals surface area (Å²) < 4.78 is 31.5. The standard InChI is InChI=1S/C17H15F2NO/c1-12-4-2-3-5-15(12)13(11-20)8-9-21-17-7-6-14(18)10-16(17)19/h2-7,10,13H,8-9H2,1H3. The van der Waals surface area contributed by atoms with E-state index in [0.29, 0.717) is 6.42 Å². The second-order valence-corrected chi connectivity index (χ2v) is 4.75. The molecule has 2 rings (SSSR count). The van der Waals surface area contributed by atoms with Crippen LogP contribution in [0.4, 0.5) is 8.78 Å². The van der Waals surface area contributed by atoms with Gasteiger partial charge >= 0.3 is 0 Å². The van der Waals surface area contributed by atoms with E-state index in [1.165, 1.54) is 6.07 Å². The Hall–Kier alpha value is -2.41. The Morgan fingerprint density at radius 3 is 2.62 bits per heavy atom. The van der Waals surface area contributed by atoms with Crippen LogP contribution in [0, 0.1) is 29.9 Å². The molecule has 0 aliphatic carbocycles. The average molecular weight is 287 g/mol. The minimum atomic E-state index is -0.737. The van der Waals surface area contributed by atoms with Crippen LogP contribution in [0.5, 0.6) is 5.75 Å². The molecule has 0 saturated carbocycles. The third-order valence-corrected chi connectivity index (χ3v) is 3.28. The lowest BCUT2D eigenvalue weighted by atomic mass is 9.94. The molecule has 0 N–H and O–H groups in total. The fourth-order valence-electron chi connectivity index (χ4n) is 2.15. The summed E-state index contributed by atoms with van der Waals surface area (Å²) in [4.78, 5) is 0. The maximum atomic E-state index is 13.4. The first-order valence-corrected chi connectivity index (χ1v) is 6.65. The maximum Gasteiger partial charge on any atom is 0.167 e. The van der Waals surface area contributed by atoms with Gasteiger partial charge in [-0.25, -0.2) is 8.78 Å². The second kappa shape index (κ2) is 6.85. The smallest absolute Gasteiger partial charge is 0.167 e. The van der Waals surface area contributed by atoms with Crippen LogP contribution in [0.3, 0.4) is 0 Å². The van der Waals surface area contributed by atoms with E-state index in [4.69, 9.17) is 4.74 Å². The number of nitrogens with zero attached hydrogens (tertiary/aromatic N) is 1. The van der Waals surface area contributed by atoms with Crippen molar-refractivity contribution in [2.45, 2.75) is 19.3 Å². The topological polar surface area (TPSA) is 33.0 Å². The van der Waals surface area contributed by atoms with Crippen molar-refractivity contribution in [2.24, 2.45) is 0 Å². The third kappa shape index (κ3) is 3.79. The minimum Gasteiger partial charge on any atom is -0.490 e.